The van der Waals surface area contributed by atoms with Crippen LogP contribution in [0.3, 0.4) is 0 Å². The fourth-order valence-corrected chi connectivity index (χ4v) is 1.55. The molecule has 18 heavy (non-hydrogen) atoms. The van der Waals surface area contributed by atoms with E-state index in [1.54, 1.807) is 7.11 Å². The highest BCUT2D eigenvalue weighted by atomic mass is 16.5. The molecule has 3 N–H and O–H groups in total. The summed E-state index contributed by atoms with van der Waals surface area (Å²) in [6.07, 6.45) is 0. The van der Waals surface area contributed by atoms with Crippen LogP contribution in [0.2, 0.25) is 0 Å². The zero-order valence-electron chi connectivity index (χ0n) is 10.8. The zero-order valence-corrected chi connectivity index (χ0v) is 10.8. The third-order valence-corrected chi connectivity index (χ3v) is 2.56. The number of ether oxygens (including phenoxy) is 2. The standard InChI is InChI=1S/C13H21NO4/c1-3-18-13-6-10(4-5-12(13)17-2)7-14-11(8-15)9-16/h4-6,11,14-16H,3,7-9H2,1-2H3. The normalized spacial score (nSPS) is 10.7. The molecule has 0 spiro atoms. The minimum Gasteiger partial charge on any atom is -0.493 e. The van der Waals surface area contributed by atoms with Gasteiger partial charge in [-0.25, -0.2) is 0 Å². The third kappa shape index (κ3) is 4.18. The van der Waals surface area contributed by atoms with E-state index in [0.29, 0.717) is 24.7 Å². The average molecular weight is 255 g/mol. The number of aliphatic hydroxyl groups is 2. The van der Waals surface area contributed by atoms with Crippen molar-refractivity contribution in [2.45, 2.75) is 19.5 Å². The molecule has 0 bridgehead atoms. The molecule has 0 aliphatic carbocycles. The molecule has 102 valence electrons. The summed E-state index contributed by atoms with van der Waals surface area (Å²) in [5, 5.41) is 21.0. The summed E-state index contributed by atoms with van der Waals surface area (Å²) in [6.45, 7) is 2.85. The SMILES string of the molecule is CCOc1cc(CNC(CO)CO)ccc1OC. The van der Waals surface area contributed by atoms with E-state index in [2.05, 4.69) is 5.32 Å². The summed E-state index contributed by atoms with van der Waals surface area (Å²) in [4.78, 5) is 0. The number of hydrogen-bond acceptors (Lipinski definition) is 5. The highest BCUT2D eigenvalue weighted by Gasteiger charge is 2.08. The Morgan fingerprint density at radius 2 is 1.94 bits per heavy atom. The Morgan fingerprint density at radius 1 is 1.22 bits per heavy atom. The van der Waals surface area contributed by atoms with Crippen LogP contribution in [0.15, 0.2) is 18.2 Å². The van der Waals surface area contributed by atoms with Crippen molar-refractivity contribution in [2.24, 2.45) is 0 Å². The Morgan fingerprint density at radius 3 is 2.50 bits per heavy atom. The van der Waals surface area contributed by atoms with Crippen molar-refractivity contribution in [2.75, 3.05) is 26.9 Å². The number of hydrogen-bond donors (Lipinski definition) is 3. The van der Waals surface area contributed by atoms with Gasteiger partial charge in [-0.15, -0.1) is 0 Å². The van der Waals surface area contributed by atoms with Crippen LogP contribution in [-0.2, 0) is 6.54 Å². The second kappa shape index (κ2) is 7.92. The van der Waals surface area contributed by atoms with Gasteiger partial charge in [-0.1, -0.05) is 6.07 Å². The molecular formula is C13H21NO4. The van der Waals surface area contributed by atoms with Gasteiger partial charge in [-0.05, 0) is 24.6 Å². The Kier molecular flexibility index (Phi) is 6.49. The highest BCUT2D eigenvalue weighted by Crippen LogP contribution is 2.27. The lowest BCUT2D eigenvalue weighted by Crippen LogP contribution is -2.35. The van der Waals surface area contributed by atoms with Gasteiger partial charge in [-0.3, -0.25) is 0 Å². The van der Waals surface area contributed by atoms with Gasteiger partial charge in [0.05, 0.1) is 33.0 Å². The van der Waals surface area contributed by atoms with Crippen molar-refractivity contribution in [3.8, 4) is 11.5 Å². The van der Waals surface area contributed by atoms with E-state index in [0.717, 1.165) is 5.56 Å². The molecule has 0 aliphatic heterocycles. The highest BCUT2D eigenvalue weighted by molar-refractivity contribution is 5.42. The first-order valence-corrected chi connectivity index (χ1v) is 6.00. The number of benzene rings is 1. The van der Waals surface area contributed by atoms with Crippen LogP contribution in [0.1, 0.15) is 12.5 Å². The molecule has 1 aromatic carbocycles. The van der Waals surface area contributed by atoms with Crippen LogP contribution in [-0.4, -0.2) is 43.2 Å². The molecule has 0 amide bonds. The van der Waals surface area contributed by atoms with Gasteiger partial charge in [0.15, 0.2) is 11.5 Å². The van der Waals surface area contributed by atoms with Gasteiger partial charge in [0, 0.05) is 6.54 Å². The monoisotopic (exact) mass is 255 g/mol. The second-order valence-electron chi connectivity index (χ2n) is 3.86. The first-order chi connectivity index (χ1) is 8.74. The largest absolute Gasteiger partial charge is 0.493 e. The van der Waals surface area contributed by atoms with Gasteiger partial charge < -0.3 is 25.0 Å². The van der Waals surface area contributed by atoms with Crippen molar-refractivity contribution in [1.29, 1.82) is 0 Å². The topological polar surface area (TPSA) is 71.0 Å². The van der Waals surface area contributed by atoms with E-state index in [9.17, 15) is 0 Å². The van der Waals surface area contributed by atoms with Crippen molar-refractivity contribution >= 4 is 0 Å². The van der Waals surface area contributed by atoms with Crippen molar-refractivity contribution in [1.82, 2.24) is 5.32 Å². The van der Waals surface area contributed by atoms with Crippen LogP contribution in [0.5, 0.6) is 11.5 Å². The van der Waals surface area contributed by atoms with Gasteiger partial charge in [0.1, 0.15) is 0 Å². The summed E-state index contributed by atoms with van der Waals surface area (Å²) in [6, 6.07) is 5.35. The molecule has 0 saturated heterocycles. The molecule has 0 fully saturated rings. The Hall–Kier alpha value is -1.30. The van der Waals surface area contributed by atoms with E-state index in [4.69, 9.17) is 19.7 Å². The van der Waals surface area contributed by atoms with E-state index in [1.807, 2.05) is 25.1 Å². The summed E-state index contributed by atoms with van der Waals surface area (Å²) in [5.41, 5.74) is 1.01. The van der Waals surface area contributed by atoms with Crippen LogP contribution in [0, 0.1) is 0 Å². The lowest BCUT2D eigenvalue weighted by Gasteiger charge is -2.15. The molecule has 0 atom stereocenters. The van der Waals surface area contributed by atoms with Crippen LogP contribution in [0.4, 0.5) is 0 Å². The quantitative estimate of drug-likeness (QED) is 0.632. The molecule has 1 rings (SSSR count). The molecule has 0 aromatic heterocycles. The summed E-state index contributed by atoms with van der Waals surface area (Å²) < 4.78 is 10.7. The molecule has 5 heteroatoms. The number of rotatable bonds is 8. The average Bonchev–Trinajstić information content (AvgIpc) is 2.40. The van der Waals surface area contributed by atoms with Crippen molar-refractivity contribution in [3.05, 3.63) is 23.8 Å². The molecule has 0 heterocycles. The lowest BCUT2D eigenvalue weighted by atomic mass is 10.2. The van der Waals surface area contributed by atoms with Gasteiger partial charge in [0.2, 0.25) is 0 Å². The van der Waals surface area contributed by atoms with E-state index < -0.39 is 0 Å². The first-order valence-electron chi connectivity index (χ1n) is 6.00. The summed E-state index contributed by atoms with van der Waals surface area (Å²) >= 11 is 0. The van der Waals surface area contributed by atoms with E-state index in [-0.39, 0.29) is 19.3 Å². The predicted molar refractivity (Wildman–Crippen MR) is 69.0 cm³/mol. The maximum Gasteiger partial charge on any atom is 0.161 e. The minimum absolute atomic E-state index is 0.0923. The smallest absolute Gasteiger partial charge is 0.161 e. The van der Waals surface area contributed by atoms with Crippen LogP contribution >= 0.6 is 0 Å². The Bertz CT molecular complexity index is 353. The molecule has 5 nitrogen and oxygen atoms in total. The fourth-order valence-electron chi connectivity index (χ4n) is 1.55. The van der Waals surface area contributed by atoms with Gasteiger partial charge in [-0.2, -0.15) is 0 Å². The maximum absolute atomic E-state index is 8.96. The van der Waals surface area contributed by atoms with E-state index in [1.165, 1.54) is 0 Å². The van der Waals surface area contributed by atoms with Gasteiger partial charge >= 0.3 is 0 Å². The van der Waals surface area contributed by atoms with E-state index >= 15 is 0 Å². The second-order valence-corrected chi connectivity index (χ2v) is 3.86. The summed E-state index contributed by atoms with van der Waals surface area (Å²) in [7, 11) is 1.60. The lowest BCUT2D eigenvalue weighted by molar-refractivity contribution is 0.170. The Labute approximate surface area is 107 Å². The third-order valence-electron chi connectivity index (χ3n) is 2.56. The molecule has 0 unspecified atom stereocenters. The first kappa shape index (κ1) is 14.8. The maximum atomic E-state index is 8.96. The summed E-state index contributed by atoms with van der Waals surface area (Å²) in [5.74, 6) is 1.39. The number of methoxy groups -OCH3 is 1. The van der Waals surface area contributed by atoms with Crippen LogP contribution in [0.25, 0.3) is 0 Å². The Balaban J connectivity index is 2.69. The van der Waals surface area contributed by atoms with Gasteiger partial charge in [0.25, 0.3) is 0 Å². The molecule has 0 aliphatic rings. The number of nitrogens with one attached hydrogen (secondary N) is 1. The minimum atomic E-state index is -0.303. The predicted octanol–water partition coefficient (Wildman–Crippen LogP) is 0.537. The number of aliphatic hydroxyl groups excluding tert-OH is 2. The van der Waals surface area contributed by atoms with Crippen LogP contribution < -0.4 is 14.8 Å². The molecule has 0 radical (unpaired) electrons. The molecule has 0 saturated carbocycles. The molecular weight excluding hydrogens is 234 g/mol. The zero-order chi connectivity index (χ0) is 13.4. The molecule has 1 aromatic rings. The van der Waals surface area contributed by atoms with Crippen molar-refractivity contribution in [3.63, 3.8) is 0 Å². The fraction of sp³-hybridized carbons (Fsp3) is 0.538. The van der Waals surface area contributed by atoms with Crippen molar-refractivity contribution < 1.29 is 19.7 Å².